The van der Waals surface area contributed by atoms with Crippen LogP contribution in [0.25, 0.3) is 0 Å². The number of rotatable bonds is 5. The van der Waals surface area contributed by atoms with Gasteiger partial charge in [0, 0.05) is 18.1 Å². The third-order valence-electron chi connectivity index (χ3n) is 4.52. The lowest BCUT2D eigenvalue weighted by Crippen LogP contribution is -2.46. The van der Waals surface area contributed by atoms with Crippen molar-refractivity contribution < 1.29 is 14.7 Å². The molecule has 0 unspecified atom stereocenters. The highest BCUT2D eigenvalue weighted by atomic mass is 35.5. The lowest BCUT2D eigenvalue weighted by molar-refractivity contribution is -0.138. The minimum Gasteiger partial charge on any atom is -0.508 e. The van der Waals surface area contributed by atoms with Crippen molar-refractivity contribution in [2.75, 3.05) is 6.54 Å². The summed E-state index contributed by atoms with van der Waals surface area (Å²) in [6, 6.07) is 13.5. The van der Waals surface area contributed by atoms with Crippen LogP contribution >= 0.6 is 11.6 Å². The van der Waals surface area contributed by atoms with Gasteiger partial charge in [0.05, 0.1) is 6.42 Å². The summed E-state index contributed by atoms with van der Waals surface area (Å²) in [7, 11) is 0. The first-order valence-electron chi connectivity index (χ1n) is 8.62. The molecule has 2 aromatic rings. The fraction of sp³-hybridized carbons (Fsp3) is 0.300. The van der Waals surface area contributed by atoms with Gasteiger partial charge in [-0.05, 0) is 48.2 Å². The van der Waals surface area contributed by atoms with E-state index in [1.54, 1.807) is 41.3 Å². The van der Waals surface area contributed by atoms with E-state index in [4.69, 9.17) is 11.6 Å². The van der Waals surface area contributed by atoms with Gasteiger partial charge in [0.1, 0.15) is 11.8 Å². The van der Waals surface area contributed by atoms with Crippen molar-refractivity contribution in [3.8, 4) is 5.75 Å². The molecule has 0 aliphatic carbocycles. The number of phenolic OH excluding ortho intramolecular Hbond substituents is 1. The van der Waals surface area contributed by atoms with Crippen LogP contribution in [0.15, 0.2) is 48.5 Å². The van der Waals surface area contributed by atoms with Gasteiger partial charge in [-0.2, -0.15) is 0 Å². The Hall–Kier alpha value is -2.53. The van der Waals surface area contributed by atoms with Crippen LogP contribution in [0.3, 0.4) is 0 Å². The summed E-state index contributed by atoms with van der Waals surface area (Å²) in [6.07, 6.45) is 1.65. The van der Waals surface area contributed by atoms with Crippen molar-refractivity contribution in [3.63, 3.8) is 0 Å². The van der Waals surface area contributed by atoms with E-state index < -0.39 is 6.04 Å². The second-order valence-electron chi connectivity index (χ2n) is 6.44. The summed E-state index contributed by atoms with van der Waals surface area (Å²) < 4.78 is 0. The molecule has 2 aromatic carbocycles. The van der Waals surface area contributed by atoms with Crippen LogP contribution in [0, 0.1) is 0 Å². The number of nitrogens with zero attached hydrogens (tertiary/aromatic N) is 1. The number of hydrogen-bond donors (Lipinski definition) is 2. The summed E-state index contributed by atoms with van der Waals surface area (Å²) in [5.74, 6) is -0.101. The van der Waals surface area contributed by atoms with Gasteiger partial charge in [-0.1, -0.05) is 35.9 Å². The number of likely N-dealkylation sites (tertiary alicyclic amines) is 1. The molecule has 0 bridgehead atoms. The molecular formula is C20H21ClN2O3. The van der Waals surface area contributed by atoms with Crippen molar-refractivity contribution in [2.45, 2.75) is 31.8 Å². The van der Waals surface area contributed by atoms with E-state index in [1.807, 2.05) is 12.1 Å². The Balaban J connectivity index is 1.58. The van der Waals surface area contributed by atoms with Gasteiger partial charge in [-0.15, -0.1) is 0 Å². The molecule has 0 saturated carbocycles. The number of aromatic hydroxyl groups is 1. The number of hydrogen-bond acceptors (Lipinski definition) is 3. The Morgan fingerprint density at radius 1 is 1.15 bits per heavy atom. The highest BCUT2D eigenvalue weighted by molar-refractivity contribution is 6.30. The Morgan fingerprint density at radius 2 is 1.92 bits per heavy atom. The Kier molecular flexibility index (Phi) is 5.78. The molecule has 1 aliphatic heterocycles. The van der Waals surface area contributed by atoms with Gasteiger partial charge in [-0.3, -0.25) is 9.59 Å². The predicted octanol–water partition coefficient (Wildman–Crippen LogP) is 2.90. The Bertz CT molecular complexity index is 792. The van der Waals surface area contributed by atoms with E-state index in [0.29, 0.717) is 24.5 Å². The molecule has 3 rings (SSSR count). The van der Waals surface area contributed by atoms with Crippen LogP contribution < -0.4 is 5.32 Å². The summed E-state index contributed by atoms with van der Waals surface area (Å²) in [6.45, 7) is 0.984. The number of amides is 2. The fourth-order valence-corrected chi connectivity index (χ4v) is 3.32. The molecule has 0 spiro atoms. The number of benzene rings is 2. The van der Waals surface area contributed by atoms with Crippen molar-refractivity contribution in [3.05, 3.63) is 64.7 Å². The van der Waals surface area contributed by atoms with Crippen LogP contribution in [0.1, 0.15) is 24.0 Å². The first-order chi connectivity index (χ1) is 12.5. The first-order valence-corrected chi connectivity index (χ1v) is 9.00. The van der Waals surface area contributed by atoms with E-state index in [2.05, 4.69) is 5.32 Å². The van der Waals surface area contributed by atoms with E-state index in [-0.39, 0.29) is 24.0 Å². The fourth-order valence-electron chi connectivity index (χ4n) is 3.19. The molecule has 0 radical (unpaired) electrons. The minimum atomic E-state index is -0.438. The minimum absolute atomic E-state index is 0.0975. The SMILES string of the molecule is O=C(NCc1ccc(Cl)cc1)[C@@H]1CCCN1C(=O)Cc1cccc(O)c1. The number of halogens is 1. The normalized spacial score (nSPS) is 16.5. The van der Waals surface area contributed by atoms with Gasteiger partial charge in [0.2, 0.25) is 11.8 Å². The second-order valence-corrected chi connectivity index (χ2v) is 6.87. The van der Waals surface area contributed by atoms with Gasteiger partial charge in [0.15, 0.2) is 0 Å². The Labute approximate surface area is 157 Å². The molecule has 1 aliphatic rings. The highest BCUT2D eigenvalue weighted by Crippen LogP contribution is 2.20. The predicted molar refractivity (Wildman–Crippen MR) is 99.8 cm³/mol. The largest absolute Gasteiger partial charge is 0.508 e. The molecule has 0 aromatic heterocycles. The third-order valence-corrected chi connectivity index (χ3v) is 4.77. The molecule has 1 heterocycles. The van der Waals surface area contributed by atoms with Crippen LogP contribution in [-0.2, 0) is 22.6 Å². The highest BCUT2D eigenvalue weighted by Gasteiger charge is 2.33. The van der Waals surface area contributed by atoms with Crippen LogP contribution in [0.2, 0.25) is 5.02 Å². The molecule has 6 heteroatoms. The van der Waals surface area contributed by atoms with E-state index >= 15 is 0 Å². The van der Waals surface area contributed by atoms with Crippen molar-refractivity contribution in [1.29, 1.82) is 0 Å². The standard InChI is InChI=1S/C20H21ClN2O3/c21-16-8-6-14(7-9-16)13-22-20(26)18-5-2-10-23(18)19(25)12-15-3-1-4-17(24)11-15/h1,3-4,6-9,11,18,24H,2,5,10,12-13H2,(H,22,26)/t18-/m0/s1. The molecule has 136 valence electrons. The van der Waals surface area contributed by atoms with Gasteiger partial charge < -0.3 is 15.3 Å². The third kappa shape index (κ3) is 4.55. The zero-order valence-corrected chi connectivity index (χ0v) is 15.1. The van der Waals surface area contributed by atoms with Gasteiger partial charge in [0.25, 0.3) is 0 Å². The Morgan fingerprint density at radius 3 is 2.65 bits per heavy atom. The molecule has 2 N–H and O–H groups in total. The average Bonchev–Trinajstić information content (AvgIpc) is 3.11. The summed E-state index contributed by atoms with van der Waals surface area (Å²) >= 11 is 5.86. The molecule has 2 amide bonds. The monoisotopic (exact) mass is 372 g/mol. The molecule has 26 heavy (non-hydrogen) atoms. The molecular weight excluding hydrogens is 352 g/mol. The van der Waals surface area contributed by atoms with E-state index in [0.717, 1.165) is 17.5 Å². The zero-order chi connectivity index (χ0) is 18.5. The lowest BCUT2D eigenvalue weighted by atomic mass is 10.1. The molecule has 1 atom stereocenters. The van der Waals surface area contributed by atoms with Crippen molar-refractivity contribution >= 4 is 23.4 Å². The summed E-state index contributed by atoms with van der Waals surface area (Å²) in [5.41, 5.74) is 1.70. The van der Waals surface area contributed by atoms with E-state index in [1.165, 1.54) is 0 Å². The first kappa shape index (κ1) is 18.3. The second kappa shape index (κ2) is 8.23. The van der Waals surface area contributed by atoms with E-state index in [9.17, 15) is 14.7 Å². The number of phenols is 1. The number of carbonyl (C=O) groups excluding carboxylic acids is 2. The van der Waals surface area contributed by atoms with Crippen LogP contribution in [0.5, 0.6) is 5.75 Å². The van der Waals surface area contributed by atoms with Crippen LogP contribution in [-0.4, -0.2) is 34.4 Å². The van der Waals surface area contributed by atoms with Crippen LogP contribution in [0.4, 0.5) is 0 Å². The maximum atomic E-state index is 12.6. The summed E-state index contributed by atoms with van der Waals surface area (Å²) in [4.78, 5) is 26.8. The zero-order valence-electron chi connectivity index (χ0n) is 14.3. The lowest BCUT2D eigenvalue weighted by Gasteiger charge is -2.24. The average molecular weight is 373 g/mol. The summed E-state index contributed by atoms with van der Waals surface area (Å²) in [5, 5.41) is 13.1. The van der Waals surface area contributed by atoms with Crippen molar-refractivity contribution in [1.82, 2.24) is 10.2 Å². The molecule has 1 fully saturated rings. The maximum absolute atomic E-state index is 12.6. The number of carbonyl (C=O) groups is 2. The maximum Gasteiger partial charge on any atom is 0.243 e. The van der Waals surface area contributed by atoms with Gasteiger partial charge in [-0.25, -0.2) is 0 Å². The number of nitrogens with one attached hydrogen (secondary N) is 1. The van der Waals surface area contributed by atoms with Gasteiger partial charge >= 0.3 is 0 Å². The quantitative estimate of drug-likeness (QED) is 0.847. The smallest absolute Gasteiger partial charge is 0.243 e. The molecule has 1 saturated heterocycles. The molecule has 5 nitrogen and oxygen atoms in total. The van der Waals surface area contributed by atoms with Crippen molar-refractivity contribution in [2.24, 2.45) is 0 Å². The topological polar surface area (TPSA) is 69.6 Å².